The summed E-state index contributed by atoms with van der Waals surface area (Å²) in [5, 5.41) is 0.658. The molecule has 0 radical (unpaired) electrons. The van der Waals surface area contributed by atoms with Crippen LogP contribution in [0.3, 0.4) is 0 Å². The van der Waals surface area contributed by atoms with Crippen LogP contribution >= 0.6 is 23.2 Å². The van der Waals surface area contributed by atoms with Crippen molar-refractivity contribution in [2.24, 2.45) is 11.3 Å². The fraction of sp³-hybridized carbons (Fsp3) is 0.562. The molecule has 0 bridgehead atoms. The number of nitrogens with zero attached hydrogens (tertiary/aromatic N) is 1. The first-order valence-corrected chi connectivity index (χ1v) is 7.99. The molecule has 1 heterocycles. The molecule has 1 amide bonds. The molecule has 0 unspecified atom stereocenters. The van der Waals surface area contributed by atoms with Gasteiger partial charge in [0.25, 0.3) is 5.91 Å². The number of rotatable bonds is 1. The van der Waals surface area contributed by atoms with Crippen molar-refractivity contribution >= 4 is 34.8 Å². The van der Waals surface area contributed by atoms with Gasteiger partial charge in [0, 0.05) is 18.7 Å². The second kappa shape index (κ2) is 6.05. The van der Waals surface area contributed by atoms with E-state index in [1.165, 1.54) is 0 Å². The number of piperidine rings is 1. The van der Waals surface area contributed by atoms with E-state index in [-0.39, 0.29) is 5.91 Å². The molecule has 1 aliphatic rings. The molecule has 116 valence electrons. The Labute approximate surface area is 136 Å². The molecule has 0 aromatic heterocycles. The molecule has 21 heavy (non-hydrogen) atoms. The van der Waals surface area contributed by atoms with E-state index in [2.05, 4.69) is 20.8 Å². The number of carbonyl (C=O) groups excluding carboxylic acids is 1. The van der Waals surface area contributed by atoms with Crippen LogP contribution in [-0.2, 0) is 0 Å². The monoisotopic (exact) mass is 328 g/mol. The fourth-order valence-electron chi connectivity index (χ4n) is 2.84. The normalized spacial score (nSPS) is 17.1. The lowest BCUT2D eigenvalue weighted by Gasteiger charge is -2.38. The molecule has 1 aromatic carbocycles. The van der Waals surface area contributed by atoms with Gasteiger partial charge in [-0.05, 0) is 36.3 Å². The minimum Gasteiger partial charge on any atom is -0.396 e. The van der Waals surface area contributed by atoms with E-state index in [4.69, 9.17) is 28.9 Å². The Bertz CT molecular complexity index is 521. The summed E-state index contributed by atoms with van der Waals surface area (Å²) in [4.78, 5) is 14.4. The first-order chi connectivity index (χ1) is 9.70. The van der Waals surface area contributed by atoms with Crippen LogP contribution in [0.25, 0.3) is 0 Å². The highest BCUT2D eigenvalue weighted by Crippen LogP contribution is 2.35. The molecule has 1 saturated heterocycles. The number of halogens is 2. The number of carbonyl (C=O) groups is 1. The SMILES string of the molecule is CC(C)(C)C1CCN(C(=O)c2cc(Cl)c(N)c(Cl)c2)CC1. The van der Waals surface area contributed by atoms with Crippen LogP contribution in [0.4, 0.5) is 5.69 Å². The number of likely N-dealkylation sites (tertiary alicyclic amines) is 1. The number of hydrogen-bond donors (Lipinski definition) is 1. The maximum atomic E-state index is 12.5. The molecule has 2 N–H and O–H groups in total. The van der Waals surface area contributed by atoms with Crippen molar-refractivity contribution in [2.75, 3.05) is 18.8 Å². The topological polar surface area (TPSA) is 46.3 Å². The van der Waals surface area contributed by atoms with Crippen LogP contribution in [0.2, 0.25) is 10.0 Å². The van der Waals surface area contributed by atoms with Gasteiger partial charge in [0.05, 0.1) is 15.7 Å². The van der Waals surface area contributed by atoms with Gasteiger partial charge in [-0.3, -0.25) is 4.79 Å². The van der Waals surface area contributed by atoms with Gasteiger partial charge in [0.15, 0.2) is 0 Å². The maximum Gasteiger partial charge on any atom is 0.253 e. The largest absolute Gasteiger partial charge is 0.396 e. The van der Waals surface area contributed by atoms with E-state index in [1.807, 2.05) is 4.90 Å². The molecule has 1 fully saturated rings. The van der Waals surface area contributed by atoms with Gasteiger partial charge in [0.1, 0.15) is 0 Å². The standard InChI is InChI=1S/C16H22Cl2N2O/c1-16(2,3)11-4-6-20(7-5-11)15(21)10-8-12(17)14(19)13(18)9-10/h8-9,11H,4-7,19H2,1-3H3. The Balaban J connectivity index is 2.09. The highest BCUT2D eigenvalue weighted by Gasteiger charge is 2.30. The van der Waals surface area contributed by atoms with Crippen LogP contribution in [0.5, 0.6) is 0 Å². The quantitative estimate of drug-likeness (QED) is 0.773. The van der Waals surface area contributed by atoms with E-state index in [9.17, 15) is 4.79 Å². The second-order valence-corrected chi connectivity index (χ2v) is 7.60. The van der Waals surface area contributed by atoms with Gasteiger partial charge >= 0.3 is 0 Å². The van der Waals surface area contributed by atoms with Gasteiger partial charge < -0.3 is 10.6 Å². The first-order valence-electron chi connectivity index (χ1n) is 7.24. The summed E-state index contributed by atoms with van der Waals surface area (Å²) in [5.41, 5.74) is 6.83. The van der Waals surface area contributed by atoms with Crippen molar-refractivity contribution < 1.29 is 4.79 Å². The van der Waals surface area contributed by atoms with Crippen LogP contribution in [0.1, 0.15) is 44.0 Å². The Morgan fingerprint density at radius 3 is 2.10 bits per heavy atom. The average Bonchev–Trinajstić information content (AvgIpc) is 2.42. The third-order valence-electron chi connectivity index (χ3n) is 4.33. The van der Waals surface area contributed by atoms with E-state index < -0.39 is 0 Å². The molecule has 3 nitrogen and oxygen atoms in total. The lowest BCUT2D eigenvalue weighted by molar-refractivity contribution is 0.0609. The summed E-state index contributed by atoms with van der Waals surface area (Å²) >= 11 is 12.0. The van der Waals surface area contributed by atoms with Crippen molar-refractivity contribution in [3.8, 4) is 0 Å². The summed E-state index contributed by atoms with van der Waals surface area (Å²) in [6, 6.07) is 3.20. The molecule has 1 aromatic rings. The number of anilines is 1. The molecule has 1 aliphatic heterocycles. The predicted molar refractivity (Wildman–Crippen MR) is 89.0 cm³/mol. The van der Waals surface area contributed by atoms with Gasteiger partial charge in [-0.25, -0.2) is 0 Å². The summed E-state index contributed by atoms with van der Waals surface area (Å²) in [6.45, 7) is 8.33. The van der Waals surface area contributed by atoms with Gasteiger partial charge in [-0.1, -0.05) is 44.0 Å². The van der Waals surface area contributed by atoms with Crippen molar-refractivity contribution in [3.05, 3.63) is 27.7 Å². The van der Waals surface area contributed by atoms with E-state index in [0.717, 1.165) is 25.9 Å². The highest BCUT2D eigenvalue weighted by molar-refractivity contribution is 6.39. The molecule has 0 atom stereocenters. The summed E-state index contributed by atoms with van der Waals surface area (Å²) in [7, 11) is 0. The average molecular weight is 329 g/mol. The molecule has 2 rings (SSSR count). The van der Waals surface area contributed by atoms with Gasteiger partial charge in [-0.2, -0.15) is 0 Å². The van der Waals surface area contributed by atoms with Crippen LogP contribution < -0.4 is 5.73 Å². The summed E-state index contributed by atoms with van der Waals surface area (Å²) < 4.78 is 0. The third kappa shape index (κ3) is 3.64. The summed E-state index contributed by atoms with van der Waals surface area (Å²) in [6.07, 6.45) is 2.07. The second-order valence-electron chi connectivity index (χ2n) is 6.79. The molecular formula is C16H22Cl2N2O. The molecular weight excluding hydrogens is 307 g/mol. The minimum absolute atomic E-state index is 0.0221. The predicted octanol–water partition coefficient (Wildman–Crippen LogP) is 4.47. The van der Waals surface area contributed by atoms with Crippen molar-refractivity contribution in [1.29, 1.82) is 0 Å². The highest BCUT2D eigenvalue weighted by atomic mass is 35.5. The Morgan fingerprint density at radius 1 is 1.19 bits per heavy atom. The molecule has 0 aliphatic carbocycles. The zero-order valence-electron chi connectivity index (χ0n) is 12.7. The van der Waals surface area contributed by atoms with E-state index in [1.54, 1.807) is 12.1 Å². The fourth-order valence-corrected chi connectivity index (χ4v) is 3.33. The van der Waals surface area contributed by atoms with Crippen LogP contribution in [0, 0.1) is 11.3 Å². The number of hydrogen-bond acceptors (Lipinski definition) is 2. The molecule has 5 heteroatoms. The number of nitrogens with two attached hydrogens (primary N) is 1. The van der Waals surface area contributed by atoms with E-state index >= 15 is 0 Å². The van der Waals surface area contributed by atoms with Crippen molar-refractivity contribution in [1.82, 2.24) is 4.90 Å². The Hall–Kier alpha value is -0.930. The smallest absolute Gasteiger partial charge is 0.253 e. The Morgan fingerprint density at radius 2 is 1.67 bits per heavy atom. The number of amides is 1. The van der Waals surface area contributed by atoms with Crippen LogP contribution in [0.15, 0.2) is 12.1 Å². The number of nitrogen functional groups attached to an aromatic ring is 1. The van der Waals surface area contributed by atoms with Crippen LogP contribution in [-0.4, -0.2) is 23.9 Å². The zero-order valence-corrected chi connectivity index (χ0v) is 14.3. The molecule has 0 spiro atoms. The Kier molecular flexibility index (Phi) is 4.74. The van der Waals surface area contributed by atoms with Crippen molar-refractivity contribution in [3.63, 3.8) is 0 Å². The summed E-state index contributed by atoms with van der Waals surface area (Å²) in [5.74, 6) is 0.631. The van der Waals surface area contributed by atoms with Gasteiger partial charge in [-0.15, -0.1) is 0 Å². The van der Waals surface area contributed by atoms with E-state index in [0.29, 0.717) is 32.6 Å². The third-order valence-corrected chi connectivity index (χ3v) is 4.96. The maximum absolute atomic E-state index is 12.5. The first kappa shape index (κ1) is 16.4. The lowest BCUT2D eigenvalue weighted by Crippen LogP contribution is -2.41. The minimum atomic E-state index is -0.0221. The van der Waals surface area contributed by atoms with Gasteiger partial charge in [0.2, 0.25) is 0 Å². The van der Waals surface area contributed by atoms with Crippen molar-refractivity contribution in [2.45, 2.75) is 33.6 Å². The number of benzene rings is 1. The zero-order chi connectivity index (χ0) is 15.8. The molecule has 0 saturated carbocycles. The lowest BCUT2D eigenvalue weighted by atomic mass is 9.75.